The van der Waals surface area contributed by atoms with Gasteiger partial charge in [0.05, 0.1) is 12.7 Å². The first-order valence-electron chi connectivity index (χ1n) is 5.35. The highest BCUT2D eigenvalue weighted by atomic mass is 32.1. The number of ether oxygens (including phenoxy) is 1. The van der Waals surface area contributed by atoms with Crippen LogP contribution in [0.25, 0.3) is 0 Å². The highest BCUT2D eigenvalue weighted by Gasteiger charge is 2.08. The highest BCUT2D eigenvalue weighted by molar-refractivity contribution is 7.09. The van der Waals surface area contributed by atoms with E-state index in [0.717, 1.165) is 17.4 Å². The van der Waals surface area contributed by atoms with Gasteiger partial charge < -0.3 is 15.2 Å². The Hall–Kier alpha value is -0.720. The number of hydrogen-bond donors (Lipinski definition) is 2. The molecule has 1 aromatic heterocycles. The molecule has 0 spiro atoms. The molecular weight excluding hydrogens is 226 g/mol. The number of nitrogens with zero attached hydrogens (tertiary/aromatic N) is 2. The van der Waals surface area contributed by atoms with Crippen molar-refractivity contribution in [1.29, 1.82) is 0 Å². The summed E-state index contributed by atoms with van der Waals surface area (Å²) in [5, 5.41) is 13.2. The van der Waals surface area contributed by atoms with Gasteiger partial charge in [-0.05, 0) is 5.92 Å². The Morgan fingerprint density at radius 1 is 1.50 bits per heavy atom. The van der Waals surface area contributed by atoms with Crippen molar-refractivity contribution in [2.75, 3.05) is 25.6 Å². The molecule has 2 N–H and O–H groups in total. The fourth-order valence-corrected chi connectivity index (χ4v) is 1.83. The van der Waals surface area contributed by atoms with E-state index in [0.29, 0.717) is 19.1 Å². The van der Waals surface area contributed by atoms with Crippen LogP contribution in [0.2, 0.25) is 0 Å². The zero-order valence-electron chi connectivity index (χ0n) is 9.93. The number of rotatable bonds is 7. The van der Waals surface area contributed by atoms with Gasteiger partial charge >= 0.3 is 0 Å². The number of aromatic nitrogens is 2. The van der Waals surface area contributed by atoms with Gasteiger partial charge in [-0.25, -0.2) is 4.98 Å². The van der Waals surface area contributed by atoms with Crippen LogP contribution < -0.4 is 5.32 Å². The number of hydrogen-bond acceptors (Lipinski definition) is 6. The normalized spacial score (nSPS) is 13.1. The molecule has 6 heteroatoms. The Kier molecular flexibility index (Phi) is 5.65. The van der Waals surface area contributed by atoms with Gasteiger partial charge in [0.15, 0.2) is 0 Å². The van der Waals surface area contributed by atoms with Gasteiger partial charge in [0.2, 0.25) is 5.13 Å². The molecule has 0 aliphatic rings. The number of aliphatic hydroxyl groups is 1. The molecule has 0 aliphatic heterocycles. The smallest absolute Gasteiger partial charge is 0.202 e. The maximum absolute atomic E-state index is 9.43. The average Bonchev–Trinajstić information content (AvgIpc) is 2.62. The summed E-state index contributed by atoms with van der Waals surface area (Å²) in [5.41, 5.74) is 0. The Bertz CT molecular complexity index is 304. The summed E-state index contributed by atoms with van der Waals surface area (Å²) in [6, 6.07) is 0. The van der Waals surface area contributed by atoms with Gasteiger partial charge in [0.1, 0.15) is 5.82 Å². The van der Waals surface area contributed by atoms with Gasteiger partial charge in [0, 0.05) is 31.6 Å². The van der Waals surface area contributed by atoms with E-state index in [4.69, 9.17) is 4.74 Å². The van der Waals surface area contributed by atoms with Crippen LogP contribution in [-0.4, -0.2) is 40.8 Å². The van der Waals surface area contributed by atoms with Crippen LogP contribution in [0.5, 0.6) is 0 Å². The first kappa shape index (κ1) is 13.3. The summed E-state index contributed by atoms with van der Waals surface area (Å²) in [6.07, 6.45) is 0.376. The summed E-state index contributed by atoms with van der Waals surface area (Å²) >= 11 is 1.33. The molecule has 0 bridgehead atoms. The van der Waals surface area contributed by atoms with E-state index in [2.05, 4.69) is 28.5 Å². The maximum atomic E-state index is 9.43. The quantitative estimate of drug-likeness (QED) is 0.754. The van der Waals surface area contributed by atoms with Crippen molar-refractivity contribution in [2.45, 2.75) is 26.4 Å². The van der Waals surface area contributed by atoms with Crippen molar-refractivity contribution in [3.63, 3.8) is 0 Å². The van der Waals surface area contributed by atoms with Crippen molar-refractivity contribution >= 4 is 16.7 Å². The molecule has 0 aliphatic carbocycles. The Morgan fingerprint density at radius 3 is 2.88 bits per heavy atom. The molecule has 1 atom stereocenters. The van der Waals surface area contributed by atoms with Gasteiger partial charge in [0.25, 0.3) is 0 Å². The molecule has 0 radical (unpaired) electrons. The van der Waals surface area contributed by atoms with E-state index in [1.54, 1.807) is 7.11 Å². The van der Waals surface area contributed by atoms with Crippen molar-refractivity contribution in [2.24, 2.45) is 5.92 Å². The molecule has 5 nitrogen and oxygen atoms in total. The van der Waals surface area contributed by atoms with Gasteiger partial charge in [-0.3, -0.25) is 0 Å². The zero-order chi connectivity index (χ0) is 12.0. The Labute approximate surface area is 100 Å². The minimum Gasteiger partial charge on any atom is -0.389 e. The topological polar surface area (TPSA) is 67.3 Å². The SMILES string of the molecule is COCC(O)CNc1nc(CC(C)C)ns1. The monoisotopic (exact) mass is 245 g/mol. The third kappa shape index (κ3) is 4.87. The summed E-state index contributed by atoms with van der Waals surface area (Å²) in [6.45, 7) is 5.03. The third-order valence-corrected chi connectivity index (χ3v) is 2.62. The van der Waals surface area contributed by atoms with Crippen LogP contribution in [0.4, 0.5) is 5.13 Å². The van der Waals surface area contributed by atoms with E-state index >= 15 is 0 Å². The maximum Gasteiger partial charge on any atom is 0.202 e. The van der Waals surface area contributed by atoms with Gasteiger partial charge in [-0.1, -0.05) is 13.8 Å². The lowest BCUT2D eigenvalue weighted by molar-refractivity contribution is 0.0727. The largest absolute Gasteiger partial charge is 0.389 e. The molecular formula is C10H19N3O2S. The molecule has 92 valence electrons. The van der Waals surface area contributed by atoms with E-state index in [-0.39, 0.29) is 0 Å². The lowest BCUT2D eigenvalue weighted by Gasteiger charge is -2.08. The molecule has 1 rings (SSSR count). The minimum absolute atomic E-state index is 0.324. The van der Waals surface area contributed by atoms with Gasteiger partial charge in [-0.15, -0.1) is 0 Å². The first-order chi connectivity index (χ1) is 7.61. The third-order valence-electron chi connectivity index (χ3n) is 1.91. The second kappa shape index (κ2) is 6.78. The van der Waals surface area contributed by atoms with Crippen LogP contribution in [0.15, 0.2) is 0 Å². The summed E-state index contributed by atoms with van der Waals surface area (Å²) < 4.78 is 9.06. The molecule has 16 heavy (non-hydrogen) atoms. The number of aliphatic hydroxyl groups excluding tert-OH is 1. The van der Waals surface area contributed by atoms with Crippen LogP contribution in [0.1, 0.15) is 19.7 Å². The van der Waals surface area contributed by atoms with Crippen molar-refractivity contribution in [3.8, 4) is 0 Å². The number of anilines is 1. The summed E-state index contributed by atoms with van der Waals surface area (Å²) in [7, 11) is 1.56. The lowest BCUT2D eigenvalue weighted by atomic mass is 10.1. The second-order valence-corrected chi connectivity index (χ2v) is 4.86. The molecule has 1 aromatic rings. The lowest BCUT2D eigenvalue weighted by Crippen LogP contribution is -2.24. The zero-order valence-corrected chi connectivity index (χ0v) is 10.8. The van der Waals surface area contributed by atoms with E-state index < -0.39 is 6.10 Å². The Balaban J connectivity index is 2.34. The van der Waals surface area contributed by atoms with Crippen LogP contribution in [0.3, 0.4) is 0 Å². The predicted molar refractivity (Wildman–Crippen MR) is 64.8 cm³/mol. The van der Waals surface area contributed by atoms with Crippen LogP contribution >= 0.6 is 11.5 Å². The van der Waals surface area contributed by atoms with Crippen molar-refractivity contribution in [1.82, 2.24) is 9.36 Å². The fourth-order valence-electron chi connectivity index (χ4n) is 1.23. The average molecular weight is 245 g/mol. The van der Waals surface area contributed by atoms with Crippen molar-refractivity contribution < 1.29 is 9.84 Å². The summed E-state index contributed by atoms with van der Waals surface area (Å²) in [5.74, 6) is 1.42. The molecule has 0 fully saturated rings. The van der Waals surface area contributed by atoms with Crippen LogP contribution in [0, 0.1) is 5.92 Å². The highest BCUT2D eigenvalue weighted by Crippen LogP contribution is 2.13. The van der Waals surface area contributed by atoms with E-state index in [1.165, 1.54) is 11.5 Å². The molecule has 0 amide bonds. The van der Waals surface area contributed by atoms with E-state index in [1.807, 2.05) is 0 Å². The molecule has 0 saturated carbocycles. The summed E-state index contributed by atoms with van der Waals surface area (Å²) in [4.78, 5) is 4.33. The first-order valence-corrected chi connectivity index (χ1v) is 6.12. The standard InChI is InChI=1S/C10H19N3O2S/c1-7(2)4-9-12-10(16-13-9)11-5-8(14)6-15-3/h7-8,14H,4-6H2,1-3H3,(H,11,12,13). The fraction of sp³-hybridized carbons (Fsp3) is 0.800. The number of methoxy groups -OCH3 is 1. The second-order valence-electron chi connectivity index (χ2n) is 4.10. The van der Waals surface area contributed by atoms with Crippen LogP contribution in [-0.2, 0) is 11.2 Å². The predicted octanol–water partition coefficient (Wildman–Crippen LogP) is 1.16. The van der Waals surface area contributed by atoms with Gasteiger partial charge in [-0.2, -0.15) is 4.37 Å². The van der Waals surface area contributed by atoms with Crippen molar-refractivity contribution in [3.05, 3.63) is 5.82 Å². The van der Waals surface area contributed by atoms with E-state index in [9.17, 15) is 5.11 Å². The minimum atomic E-state index is -0.512. The molecule has 1 heterocycles. The Morgan fingerprint density at radius 2 is 2.25 bits per heavy atom. The molecule has 1 unspecified atom stereocenters. The number of nitrogens with one attached hydrogen (secondary N) is 1. The molecule has 0 aromatic carbocycles. The molecule has 0 saturated heterocycles.